The van der Waals surface area contributed by atoms with Crippen molar-refractivity contribution in [2.24, 2.45) is 11.7 Å². The molecule has 0 saturated carbocycles. The van der Waals surface area contributed by atoms with E-state index in [1.807, 2.05) is 0 Å². The minimum Gasteiger partial charge on any atom is -0.330 e. The fourth-order valence-electron chi connectivity index (χ4n) is 2.64. The number of aromatic nitrogens is 1. The summed E-state index contributed by atoms with van der Waals surface area (Å²) >= 11 is 1.74. The third-order valence-corrected chi connectivity index (χ3v) is 4.26. The van der Waals surface area contributed by atoms with Crippen LogP contribution in [-0.2, 0) is 0 Å². The molecule has 2 atom stereocenters. The Labute approximate surface area is 102 Å². The van der Waals surface area contributed by atoms with Crippen molar-refractivity contribution in [1.29, 1.82) is 0 Å². The highest BCUT2D eigenvalue weighted by Gasteiger charge is 2.36. The molecule has 1 saturated heterocycles. The molecule has 1 aromatic rings. The predicted octanol–water partition coefficient (Wildman–Crippen LogP) is 2.18. The summed E-state index contributed by atoms with van der Waals surface area (Å²) in [5.74, 6) is 0.573. The second-order valence-corrected chi connectivity index (χ2v) is 5.91. The van der Waals surface area contributed by atoms with E-state index in [0.29, 0.717) is 18.0 Å². The molecule has 1 fully saturated rings. The number of nitrogens with zero attached hydrogens (tertiary/aromatic N) is 2. The lowest BCUT2D eigenvalue weighted by Gasteiger charge is -2.29. The van der Waals surface area contributed by atoms with Gasteiger partial charge in [-0.25, -0.2) is 4.98 Å². The van der Waals surface area contributed by atoms with E-state index in [0.717, 1.165) is 18.1 Å². The number of rotatable bonds is 3. The molecular weight excluding hydrogens is 218 g/mol. The second-order valence-electron chi connectivity index (χ2n) is 4.85. The minimum atomic E-state index is 0.440. The summed E-state index contributed by atoms with van der Waals surface area (Å²) in [6.45, 7) is 8.50. The molecule has 0 spiro atoms. The van der Waals surface area contributed by atoms with E-state index in [1.54, 1.807) is 11.3 Å². The smallest absolute Gasteiger partial charge is 0.0898 e. The van der Waals surface area contributed by atoms with Gasteiger partial charge in [-0.1, -0.05) is 0 Å². The number of thiazole rings is 1. The molecule has 1 aromatic heterocycles. The molecular formula is C12H21N3S. The molecule has 2 heterocycles. The van der Waals surface area contributed by atoms with Crippen LogP contribution in [0.2, 0.25) is 0 Å². The van der Waals surface area contributed by atoms with Gasteiger partial charge in [0.25, 0.3) is 0 Å². The molecule has 2 rings (SSSR count). The van der Waals surface area contributed by atoms with Gasteiger partial charge in [-0.3, -0.25) is 4.90 Å². The van der Waals surface area contributed by atoms with Gasteiger partial charge in [0.2, 0.25) is 0 Å². The first-order chi connectivity index (χ1) is 7.63. The zero-order valence-electron chi connectivity index (χ0n) is 10.3. The zero-order valence-corrected chi connectivity index (χ0v) is 11.1. The van der Waals surface area contributed by atoms with Crippen molar-refractivity contribution < 1.29 is 0 Å². The molecule has 2 N–H and O–H groups in total. The first-order valence-corrected chi connectivity index (χ1v) is 6.89. The maximum atomic E-state index is 5.88. The maximum Gasteiger partial charge on any atom is 0.0898 e. The van der Waals surface area contributed by atoms with Crippen LogP contribution in [0.15, 0.2) is 5.38 Å². The van der Waals surface area contributed by atoms with Crippen LogP contribution < -0.4 is 5.73 Å². The Morgan fingerprint density at radius 2 is 2.38 bits per heavy atom. The normalized spacial score (nSPS) is 26.8. The Morgan fingerprint density at radius 1 is 1.62 bits per heavy atom. The van der Waals surface area contributed by atoms with Gasteiger partial charge in [-0.05, 0) is 46.2 Å². The van der Waals surface area contributed by atoms with Crippen LogP contribution in [0, 0.1) is 12.8 Å². The van der Waals surface area contributed by atoms with Crippen LogP contribution in [0.25, 0.3) is 0 Å². The minimum absolute atomic E-state index is 0.440. The van der Waals surface area contributed by atoms with Crippen LogP contribution in [-0.4, -0.2) is 29.0 Å². The van der Waals surface area contributed by atoms with Crippen molar-refractivity contribution in [2.45, 2.75) is 39.3 Å². The number of aryl methyl sites for hydroxylation is 1. The first kappa shape index (κ1) is 12.0. The predicted molar refractivity (Wildman–Crippen MR) is 68.6 cm³/mol. The maximum absolute atomic E-state index is 5.88. The zero-order chi connectivity index (χ0) is 11.7. The summed E-state index contributed by atoms with van der Waals surface area (Å²) in [7, 11) is 0. The Hall–Kier alpha value is -0.450. The quantitative estimate of drug-likeness (QED) is 0.879. The lowest BCUT2D eigenvalue weighted by molar-refractivity contribution is 0.181. The van der Waals surface area contributed by atoms with E-state index in [1.165, 1.54) is 12.1 Å². The largest absolute Gasteiger partial charge is 0.330 e. The third kappa shape index (κ3) is 2.14. The Kier molecular flexibility index (Phi) is 3.62. The highest BCUT2D eigenvalue weighted by Crippen LogP contribution is 2.38. The third-order valence-electron chi connectivity index (χ3n) is 3.47. The van der Waals surface area contributed by atoms with Crippen molar-refractivity contribution >= 4 is 11.3 Å². The molecule has 1 aliphatic heterocycles. The highest BCUT2D eigenvalue weighted by atomic mass is 32.1. The van der Waals surface area contributed by atoms with Gasteiger partial charge in [0, 0.05) is 11.4 Å². The fourth-order valence-corrected chi connectivity index (χ4v) is 3.28. The van der Waals surface area contributed by atoms with Crippen LogP contribution in [0.5, 0.6) is 0 Å². The van der Waals surface area contributed by atoms with Crippen molar-refractivity contribution in [3.63, 3.8) is 0 Å². The van der Waals surface area contributed by atoms with E-state index in [2.05, 4.69) is 36.0 Å². The van der Waals surface area contributed by atoms with Gasteiger partial charge in [-0.2, -0.15) is 0 Å². The molecule has 16 heavy (non-hydrogen) atoms. The SMILES string of the molecule is Cc1nc(C2C(CN)CCN2C(C)C)cs1. The molecule has 0 aromatic carbocycles. The lowest BCUT2D eigenvalue weighted by Crippen LogP contribution is -2.33. The highest BCUT2D eigenvalue weighted by molar-refractivity contribution is 7.09. The van der Waals surface area contributed by atoms with Gasteiger partial charge < -0.3 is 5.73 Å². The number of nitrogens with two attached hydrogens (primary N) is 1. The van der Waals surface area contributed by atoms with Crippen LogP contribution in [0.1, 0.15) is 37.0 Å². The second kappa shape index (κ2) is 4.82. The fraction of sp³-hybridized carbons (Fsp3) is 0.750. The molecule has 1 aliphatic rings. The van der Waals surface area contributed by atoms with Gasteiger partial charge in [0.15, 0.2) is 0 Å². The lowest BCUT2D eigenvalue weighted by atomic mass is 9.98. The van der Waals surface area contributed by atoms with Crippen LogP contribution >= 0.6 is 11.3 Å². The Balaban J connectivity index is 2.25. The summed E-state index contributed by atoms with van der Waals surface area (Å²) < 4.78 is 0. The molecule has 0 amide bonds. The van der Waals surface area contributed by atoms with Gasteiger partial charge in [0.05, 0.1) is 16.7 Å². The van der Waals surface area contributed by atoms with Crippen molar-refractivity contribution in [3.8, 4) is 0 Å². The number of hydrogen-bond donors (Lipinski definition) is 1. The van der Waals surface area contributed by atoms with Crippen molar-refractivity contribution in [2.75, 3.05) is 13.1 Å². The Bertz CT molecular complexity index is 348. The van der Waals surface area contributed by atoms with Crippen molar-refractivity contribution in [3.05, 3.63) is 16.1 Å². The topological polar surface area (TPSA) is 42.1 Å². The van der Waals surface area contributed by atoms with E-state index in [-0.39, 0.29) is 0 Å². The summed E-state index contributed by atoms with van der Waals surface area (Å²) in [5, 5.41) is 3.35. The van der Waals surface area contributed by atoms with E-state index in [9.17, 15) is 0 Å². The molecule has 0 radical (unpaired) electrons. The van der Waals surface area contributed by atoms with E-state index in [4.69, 9.17) is 5.73 Å². The van der Waals surface area contributed by atoms with Crippen LogP contribution in [0.3, 0.4) is 0 Å². The summed E-state index contributed by atoms with van der Waals surface area (Å²) in [4.78, 5) is 7.18. The van der Waals surface area contributed by atoms with Crippen LogP contribution in [0.4, 0.5) is 0 Å². The summed E-state index contributed by atoms with van der Waals surface area (Å²) in [5.41, 5.74) is 7.11. The molecule has 3 nitrogen and oxygen atoms in total. The van der Waals surface area contributed by atoms with Gasteiger partial charge in [-0.15, -0.1) is 11.3 Å². The van der Waals surface area contributed by atoms with E-state index >= 15 is 0 Å². The molecule has 0 aliphatic carbocycles. The van der Waals surface area contributed by atoms with Gasteiger partial charge in [0.1, 0.15) is 0 Å². The molecule has 0 bridgehead atoms. The summed E-state index contributed by atoms with van der Waals surface area (Å²) in [6, 6.07) is 1.01. The summed E-state index contributed by atoms with van der Waals surface area (Å²) in [6.07, 6.45) is 1.20. The van der Waals surface area contributed by atoms with E-state index < -0.39 is 0 Å². The number of hydrogen-bond acceptors (Lipinski definition) is 4. The Morgan fingerprint density at radius 3 is 2.88 bits per heavy atom. The standard InChI is InChI=1S/C12H21N3S/c1-8(2)15-5-4-10(6-13)12(15)11-7-16-9(3)14-11/h7-8,10,12H,4-6,13H2,1-3H3. The average molecular weight is 239 g/mol. The van der Waals surface area contributed by atoms with Crippen molar-refractivity contribution in [1.82, 2.24) is 9.88 Å². The molecule has 2 unspecified atom stereocenters. The molecule has 90 valence electrons. The number of likely N-dealkylation sites (tertiary alicyclic amines) is 1. The monoisotopic (exact) mass is 239 g/mol. The molecule has 4 heteroatoms. The average Bonchev–Trinajstić information content (AvgIpc) is 2.82. The van der Waals surface area contributed by atoms with Gasteiger partial charge >= 0.3 is 0 Å². The first-order valence-electron chi connectivity index (χ1n) is 6.01.